The Hall–Kier alpha value is -1.78. The Balaban J connectivity index is 2.03. The lowest BCUT2D eigenvalue weighted by Gasteiger charge is -1.95. The number of fused-ring (bicyclic) bond motifs is 1. The SMILES string of the molecule is Nc1nc(C=Cc2c[nH]c3cccc(Cl)c23)cs1. The van der Waals surface area contributed by atoms with Crippen LogP contribution < -0.4 is 5.73 Å². The molecule has 0 fully saturated rings. The third kappa shape index (κ3) is 2.00. The van der Waals surface area contributed by atoms with Crippen LogP contribution in [0, 0.1) is 0 Å². The maximum Gasteiger partial charge on any atom is 0.180 e. The second-order valence-corrected chi connectivity index (χ2v) is 5.15. The highest BCUT2D eigenvalue weighted by molar-refractivity contribution is 7.13. The number of nitrogens with two attached hydrogens (primary N) is 1. The summed E-state index contributed by atoms with van der Waals surface area (Å²) in [6.45, 7) is 0. The fourth-order valence-electron chi connectivity index (χ4n) is 1.85. The lowest BCUT2D eigenvalue weighted by atomic mass is 10.1. The lowest BCUT2D eigenvalue weighted by Crippen LogP contribution is -1.80. The van der Waals surface area contributed by atoms with Gasteiger partial charge in [0, 0.05) is 28.0 Å². The molecule has 1 aromatic carbocycles. The quantitative estimate of drug-likeness (QED) is 0.742. The van der Waals surface area contributed by atoms with Crippen molar-refractivity contribution >= 4 is 51.1 Å². The minimum atomic E-state index is 0.576. The van der Waals surface area contributed by atoms with Crippen LogP contribution in [0.4, 0.5) is 5.13 Å². The Morgan fingerprint density at radius 2 is 2.22 bits per heavy atom. The highest BCUT2D eigenvalue weighted by Crippen LogP contribution is 2.27. The van der Waals surface area contributed by atoms with E-state index < -0.39 is 0 Å². The van der Waals surface area contributed by atoms with Gasteiger partial charge in [-0.25, -0.2) is 4.98 Å². The number of nitrogens with one attached hydrogen (secondary N) is 1. The van der Waals surface area contributed by atoms with Crippen molar-refractivity contribution in [3.8, 4) is 0 Å². The van der Waals surface area contributed by atoms with Gasteiger partial charge in [-0.05, 0) is 18.2 Å². The van der Waals surface area contributed by atoms with Gasteiger partial charge in [0.05, 0.1) is 10.7 Å². The second kappa shape index (κ2) is 4.48. The Morgan fingerprint density at radius 3 is 3.00 bits per heavy atom. The van der Waals surface area contributed by atoms with E-state index in [4.69, 9.17) is 17.3 Å². The van der Waals surface area contributed by atoms with Gasteiger partial charge in [-0.15, -0.1) is 11.3 Å². The van der Waals surface area contributed by atoms with Crippen molar-refractivity contribution in [1.82, 2.24) is 9.97 Å². The smallest absolute Gasteiger partial charge is 0.180 e. The van der Waals surface area contributed by atoms with Crippen LogP contribution in [0.3, 0.4) is 0 Å². The highest BCUT2D eigenvalue weighted by atomic mass is 35.5. The molecule has 0 aliphatic heterocycles. The first-order valence-corrected chi connectivity index (χ1v) is 6.64. The number of hydrogen-bond donors (Lipinski definition) is 2. The summed E-state index contributed by atoms with van der Waals surface area (Å²) in [5, 5.41) is 4.26. The van der Waals surface area contributed by atoms with Gasteiger partial charge in [0.2, 0.25) is 0 Å². The van der Waals surface area contributed by atoms with Gasteiger partial charge in [0.1, 0.15) is 0 Å². The van der Waals surface area contributed by atoms with E-state index in [-0.39, 0.29) is 0 Å². The Labute approximate surface area is 113 Å². The number of aromatic amines is 1. The number of nitrogens with zero attached hydrogens (tertiary/aromatic N) is 1. The molecule has 0 aliphatic rings. The molecular formula is C13H10ClN3S. The number of benzene rings is 1. The van der Waals surface area contributed by atoms with Crippen molar-refractivity contribution in [1.29, 1.82) is 0 Å². The first kappa shape index (κ1) is 11.3. The van der Waals surface area contributed by atoms with Crippen LogP contribution in [0.15, 0.2) is 29.8 Å². The van der Waals surface area contributed by atoms with Crippen molar-refractivity contribution in [2.24, 2.45) is 0 Å². The maximum atomic E-state index is 6.20. The molecule has 0 unspecified atom stereocenters. The van der Waals surface area contributed by atoms with Crippen molar-refractivity contribution in [2.45, 2.75) is 0 Å². The van der Waals surface area contributed by atoms with E-state index in [1.807, 2.05) is 41.9 Å². The van der Waals surface area contributed by atoms with Gasteiger partial charge in [0.15, 0.2) is 5.13 Å². The van der Waals surface area contributed by atoms with Gasteiger partial charge < -0.3 is 10.7 Å². The van der Waals surface area contributed by atoms with Crippen molar-refractivity contribution in [3.05, 3.63) is 46.1 Å². The molecule has 5 heteroatoms. The molecule has 0 aliphatic carbocycles. The summed E-state index contributed by atoms with van der Waals surface area (Å²) in [6, 6.07) is 5.81. The maximum absolute atomic E-state index is 6.20. The molecule has 90 valence electrons. The molecule has 0 spiro atoms. The molecule has 18 heavy (non-hydrogen) atoms. The monoisotopic (exact) mass is 275 g/mol. The molecule has 0 saturated heterocycles. The number of aromatic nitrogens is 2. The van der Waals surface area contributed by atoms with Crippen LogP contribution in [0.5, 0.6) is 0 Å². The molecule has 3 nitrogen and oxygen atoms in total. The number of halogens is 1. The van der Waals surface area contributed by atoms with Gasteiger partial charge in [-0.1, -0.05) is 23.7 Å². The average molecular weight is 276 g/mol. The van der Waals surface area contributed by atoms with Crippen LogP contribution in [0.25, 0.3) is 23.1 Å². The van der Waals surface area contributed by atoms with Gasteiger partial charge in [-0.2, -0.15) is 0 Å². The van der Waals surface area contributed by atoms with Gasteiger partial charge in [0.25, 0.3) is 0 Å². The lowest BCUT2D eigenvalue weighted by molar-refractivity contribution is 1.39. The summed E-state index contributed by atoms with van der Waals surface area (Å²) >= 11 is 7.63. The Bertz CT molecular complexity index is 727. The van der Waals surface area contributed by atoms with Gasteiger partial charge in [-0.3, -0.25) is 0 Å². The van der Waals surface area contributed by atoms with E-state index in [0.717, 1.165) is 27.2 Å². The normalized spacial score (nSPS) is 11.6. The van der Waals surface area contributed by atoms with Crippen LogP contribution >= 0.6 is 22.9 Å². The van der Waals surface area contributed by atoms with Gasteiger partial charge >= 0.3 is 0 Å². The Morgan fingerprint density at radius 1 is 1.33 bits per heavy atom. The van der Waals surface area contributed by atoms with Crippen LogP contribution in [0.1, 0.15) is 11.3 Å². The minimum absolute atomic E-state index is 0.576. The molecular weight excluding hydrogens is 266 g/mol. The molecule has 0 amide bonds. The number of H-pyrrole nitrogens is 1. The zero-order chi connectivity index (χ0) is 12.5. The fraction of sp³-hybridized carbons (Fsp3) is 0. The number of rotatable bonds is 2. The summed E-state index contributed by atoms with van der Waals surface area (Å²) in [4.78, 5) is 7.37. The summed E-state index contributed by atoms with van der Waals surface area (Å²) in [7, 11) is 0. The predicted octanol–water partition coefficient (Wildman–Crippen LogP) is 4.03. The number of hydrogen-bond acceptors (Lipinski definition) is 3. The number of anilines is 1. The first-order chi connectivity index (χ1) is 8.74. The molecule has 2 heterocycles. The predicted molar refractivity (Wildman–Crippen MR) is 78.8 cm³/mol. The third-order valence-electron chi connectivity index (χ3n) is 2.66. The second-order valence-electron chi connectivity index (χ2n) is 3.85. The molecule has 3 aromatic rings. The highest BCUT2D eigenvalue weighted by Gasteiger charge is 2.04. The molecule has 0 radical (unpaired) electrons. The zero-order valence-electron chi connectivity index (χ0n) is 9.35. The van der Waals surface area contributed by atoms with Crippen molar-refractivity contribution in [3.63, 3.8) is 0 Å². The number of nitrogen functional groups attached to an aromatic ring is 1. The van der Waals surface area contributed by atoms with Crippen LogP contribution in [0.2, 0.25) is 5.02 Å². The van der Waals surface area contributed by atoms with Crippen LogP contribution in [-0.2, 0) is 0 Å². The van der Waals surface area contributed by atoms with Crippen molar-refractivity contribution in [2.75, 3.05) is 5.73 Å². The molecule has 0 atom stereocenters. The fourth-order valence-corrected chi connectivity index (χ4v) is 2.66. The van der Waals surface area contributed by atoms with E-state index in [2.05, 4.69) is 9.97 Å². The summed E-state index contributed by atoms with van der Waals surface area (Å²) in [5.41, 5.74) is 8.52. The molecule has 3 N–H and O–H groups in total. The van der Waals surface area contributed by atoms with E-state index >= 15 is 0 Å². The van der Waals surface area contributed by atoms with E-state index in [1.165, 1.54) is 11.3 Å². The van der Waals surface area contributed by atoms with E-state index in [0.29, 0.717) is 5.13 Å². The molecule has 3 rings (SSSR count). The summed E-state index contributed by atoms with van der Waals surface area (Å²) in [6.07, 6.45) is 5.85. The van der Waals surface area contributed by atoms with E-state index in [9.17, 15) is 0 Å². The summed E-state index contributed by atoms with van der Waals surface area (Å²) < 4.78 is 0. The zero-order valence-corrected chi connectivity index (χ0v) is 10.9. The molecule has 0 saturated carbocycles. The summed E-state index contributed by atoms with van der Waals surface area (Å²) in [5.74, 6) is 0. The largest absolute Gasteiger partial charge is 0.375 e. The molecule has 2 aromatic heterocycles. The number of thiazole rings is 1. The first-order valence-electron chi connectivity index (χ1n) is 5.39. The minimum Gasteiger partial charge on any atom is -0.375 e. The Kier molecular flexibility index (Phi) is 2.81. The third-order valence-corrected chi connectivity index (χ3v) is 3.67. The van der Waals surface area contributed by atoms with Crippen LogP contribution in [-0.4, -0.2) is 9.97 Å². The van der Waals surface area contributed by atoms with E-state index in [1.54, 1.807) is 0 Å². The average Bonchev–Trinajstić information content (AvgIpc) is 2.94. The van der Waals surface area contributed by atoms with Crippen molar-refractivity contribution < 1.29 is 0 Å². The molecule has 0 bridgehead atoms. The standard InChI is InChI=1S/C13H10ClN3S/c14-10-2-1-3-11-12(10)8(6-16-11)4-5-9-7-18-13(15)17-9/h1-7,16H,(H2,15,17). The topological polar surface area (TPSA) is 54.7 Å².